The van der Waals surface area contributed by atoms with Crippen molar-refractivity contribution in [1.29, 1.82) is 0 Å². The lowest BCUT2D eigenvalue weighted by Crippen LogP contribution is -1.99. The van der Waals surface area contributed by atoms with Crippen molar-refractivity contribution in [2.24, 2.45) is 0 Å². The highest BCUT2D eigenvalue weighted by molar-refractivity contribution is 5.81. The lowest BCUT2D eigenvalue weighted by atomic mass is 9.95. The molecule has 0 aliphatic rings. The van der Waals surface area contributed by atoms with Crippen LogP contribution in [0.3, 0.4) is 0 Å². The van der Waals surface area contributed by atoms with Crippen LogP contribution in [0, 0.1) is 0 Å². The summed E-state index contributed by atoms with van der Waals surface area (Å²) in [6.45, 7) is 3.29. The summed E-state index contributed by atoms with van der Waals surface area (Å²) in [7, 11) is 0. The molecule has 0 saturated heterocycles. The molecule has 0 spiro atoms. The highest BCUT2D eigenvalue weighted by Crippen LogP contribution is 2.25. The van der Waals surface area contributed by atoms with E-state index in [1.165, 1.54) is 33.4 Å². The van der Waals surface area contributed by atoms with Gasteiger partial charge in [0, 0.05) is 6.61 Å². The lowest BCUT2D eigenvalue weighted by Gasteiger charge is -2.13. The molecule has 0 heterocycles. The second-order valence-electron chi connectivity index (χ2n) is 8.05. The molecule has 0 saturated carbocycles. The largest absolute Gasteiger partial charge is 0.377 e. The van der Waals surface area contributed by atoms with Gasteiger partial charge in [-0.3, -0.25) is 0 Å². The fourth-order valence-electron chi connectivity index (χ4n) is 3.76. The zero-order valence-electron chi connectivity index (χ0n) is 19.6. The second kappa shape index (κ2) is 12.3. The third-order valence-corrected chi connectivity index (χ3v) is 5.57. The Morgan fingerprint density at radius 1 is 0.500 bits per heavy atom. The smallest absolute Gasteiger partial charge is 0.0728 e. The van der Waals surface area contributed by atoms with Crippen molar-refractivity contribution >= 4 is 36.5 Å². The fraction of sp³-hybridized carbons (Fsp3) is 0.0909. The summed E-state index contributed by atoms with van der Waals surface area (Å²) >= 11 is 0. The van der Waals surface area contributed by atoms with Crippen LogP contribution in [-0.2, 0) is 11.3 Å². The van der Waals surface area contributed by atoms with E-state index in [0.717, 1.165) is 5.56 Å². The minimum absolute atomic E-state index is 0.572. The first kappa shape index (κ1) is 23.2. The van der Waals surface area contributed by atoms with Gasteiger partial charge in [-0.15, -0.1) is 0 Å². The first-order chi connectivity index (χ1) is 16.8. The second-order valence-corrected chi connectivity index (χ2v) is 8.05. The minimum atomic E-state index is 0.572. The topological polar surface area (TPSA) is 9.23 Å². The molecule has 0 aromatic heterocycles. The van der Waals surface area contributed by atoms with Gasteiger partial charge >= 0.3 is 0 Å². The molecule has 0 radical (unpaired) electrons. The SMILES string of the molecule is CCOCc1c(C=Cc2ccccc2)cc(C=Cc2ccccc2)cc1C=Cc1ccccc1. The van der Waals surface area contributed by atoms with Gasteiger partial charge in [-0.1, -0.05) is 127 Å². The van der Waals surface area contributed by atoms with Gasteiger partial charge in [0.25, 0.3) is 0 Å². The molecule has 4 aromatic rings. The Balaban J connectivity index is 1.77. The predicted molar refractivity (Wildman–Crippen MR) is 148 cm³/mol. The van der Waals surface area contributed by atoms with Crippen LogP contribution in [0.25, 0.3) is 36.5 Å². The summed E-state index contributed by atoms with van der Waals surface area (Å²) < 4.78 is 5.89. The fourth-order valence-corrected chi connectivity index (χ4v) is 3.76. The van der Waals surface area contributed by atoms with Crippen LogP contribution in [0.15, 0.2) is 103 Å². The standard InChI is InChI=1S/C33H30O/c1-2-34-26-33-31(22-20-28-14-8-4-9-15-28)24-30(19-18-27-12-6-3-7-13-27)25-32(33)23-21-29-16-10-5-11-17-29/h3-25H,2,26H2,1H3. The molecule has 0 fully saturated rings. The third-order valence-electron chi connectivity index (χ3n) is 5.57. The molecular formula is C33H30O. The van der Waals surface area contributed by atoms with Crippen LogP contribution in [0.5, 0.6) is 0 Å². The van der Waals surface area contributed by atoms with Crippen molar-refractivity contribution in [2.75, 3.05) is 6.61 Å². The van der Waals surface area contributed by atoms with Gasteiger partial charge in [0.15, 0.2) is 0 Å². The Morgan fingerprint density at radius 2 is 0.882 bits per heavy atom. The third kappa shape index (κ3) is 6.78. The van der Waals surface area contributed by atoms with Gasteiger partial charge < -0.3 is 4.74 Å². The van der Waals surface area contributed by atoms with E-state index < -0.39 is 0 Å². The highest BCUT2D eigenvalue weighted by Gasteiger charge is 2.08. The van der Waals surface area contributed by atoms with Crippen LogP contribution in [0.2, 0.25) is 0 Å². The molecule has 1 nitrogen and oxygen atoms in total. The van der Waals surface area contributed by atoms with Crippen molar-refractivity contribution in [3.05, 3.63) is 142 Å². The molecule has 0 unspecified atom stereocenters. The molecule has 0 bridgehead atoms. The van der Waals surface area contributed by atoms with Gasteiger partial charge in [0.2, 0.25) is 0 Å². The van der Waals surface area contributed by atoms with Gasteiger partial charge in [0.05, 0.1) is 6.61 Å². The normalized spacial score (nSPS) is 11.7. The van der Waals surface area contributed by atoms with Crippen molar-refractivity contribution in [1.82, 2.24) is 0 Å². The van der Waals surface area contributed by atoms with E-state index in [-0.39, 0.29) is 0 Å². The first-order valence-electron chi connectivity index (χ1n) is 11.8. The summed E-state index contributed by atoms with van der Waals surface area (Å²) in [6.07, 6.45) is 13.1. The summed E-state index contributed by atoms with van der Waals surface area (Å²) in [4.78, 5) is 0. The average molecular weight is 443 g/mol. The van der Waals surface area contributed by atoms with Crippen molar-refractivity contribution in [3.8, 4) is 0 Å². The number of ether oxygens (including phenoxy) is 1. The Hall–Kier alpha value is -3.94. The minimum Gasteiger partial charge on any atom is -0.377 e. The van der Waals surface area contributed by atoms with E-state index in [9.17, 15) is 0 Å². The van der Waals surface area contributed by atoms with Crippen LogP contribution < -0.4 is 0 Å². The molecule has 168 valence electrons. The summed E-state index contributed by atoms with van der Waals surface area (Å²) in [5, 5.41) is 0. The maximum absolute atomic E-state index is 5.89. The number of rotatable bonds is 9. The monoisotopic (exact) mass is 442 g/mol. The average Bonchev–Trinajstić information content (AvgIpc) is 2.90. The molecule has 0 aliphatic heterocycles. The molecule has 4 rings (SSSR count). The zero-order valence-corrected chi connectivity index (χ0v) is 19.6. The van der Waals surface area contributed by atoms with Gasteiger partial charge in [-0.2, -0.15) is 0 Å². The first-order valence-corrected chi connectivity index (χ1v) is 11.8. The van der Waals surface area contributed by atoms with E-state index >= 15 is 0 Å². The molecular weight excluding hydrogens is 412 g/mol. The number of hydrogen-bond acceptors (Lipinski definition) is 1. The molecule has 4 aromatic carbocycles. The van der Waals surface area contributed by atoms with Crippen LogP contribution >= 0.6 is 0 Å². The zero-order chi connectivity index (χ0) is 23.4. The summed E-state index contributed by atoms with van der Waals surface area (Å²) in [6, 6.07) is 35.7. The van der Waals surface area contributed by atoms with Crippen molar-refractivity contribution in [2.45, 2.75) is 13.5 Å². The van der Waals surface area contributed by atoms with Gasteiger partial charge in [-0.25, -0.2) is 0 Å². The Bertz CT molecular complexity index is 1180. The maximum Gasteiger partial charge on any atom is 0.0728 e. The molecule has 34 heavy (non-hydrogen) atoms. The molecule has 0 aliphatic carbocycles. The Kier molecular flexibility index (Phi) is 8.43. The van der Waals surface area contributed by atoms with E-state index in [4.69, 9.17) is 4.74 Å². The highest BCUT2D eigenvalue weighted by atomic mass is 16.5. The quantitative estimate of drug-likeness (QED) is 0.235. The molecule has 1 heteroatoms. The van der Waals surface area contributed by atoms with E-state index in [1.807, 2.05) is 25.1 Å². The van der Waals surface area contributed by atoms with Crippen LogP contribution in [0.4, 0.5) is 0 Å². The van der Waals surface area contributed by atoms with E-state index in [0.29, 0.717) is 13.2 Å². The summed E-state index contributed by atoms with van der Waals surface area (Å²) in [5.41, 5.74) is 8.22. The summed E-state index contributed by atoms with van der Waals surface area (Å²) in [5.74, 6) is 0. The van der Waals surface area contributed by atoms with E-state index in [1.54, 1.807) is 0 Å². The Morgan fingerprint density at radius 3 is 1.29 bits per heavy atom. The predicted octanol–water partition coefficient (Wildman–Crippen LogP) is 8.73. The maximum atomic E-state index is 5.89. The van der Waals surface area contributed by atoms with Crippen molar-refractivity contribution in [3.63, 3.8) is 0 Å². The molecule has 0 amide bonds. The number of benzene rings is 4. The van der Waals surface area contributed by atoms with E-state index in [2.05, 4.69) is 121 Å². The molecule has 0 atom stereocenters. The molecule has 0 N–H and O–H groups in total. The number of hydrogen-bond donors (Lipinski definition) is 0. The van der Waals surface area contributed by atoms with Crippen LogP contribution in [0.1, 0.15) is 45.9 Å². The lowest BCUT2D eigenvalue weighted by molar-refractivity contribution is 0.134. The van der Waals surface area contributed by atoms with Gasteiger partial charge in [0.1, 0.15) is 0 Å². The van der Waals surface area contributed by atoms with Gasteiger partial charge in [-0.05, 0) is 58.0 Å². The van der Waals surface area contributed by atoms with Crippen LogP contribution in [-0.4, -0.2) is 6.61 Å². The Labute approximate surface area is 203 Å². The van der Waals surface area contributed by atoms with Crippen molar-refractivity contribution < 1.29 is 4.74 Å².